The molecule has 3 amide bonds. The SMILES string of the molecule is COc1ccc([C@@H]2CC(c3ccc(C)cc3)=NN2C(=O)CN2N=N[C@@H]3C(=O)N(c4cccc(F)c4)C(=O)[C@@H]32)cc1. The largest absolute Gasteiger partial charge is 0.497 e. The Labute approximate surface area is 229 Å². The maximum Gasteiger partial charge on any atom is 0.264 e. The van der Waals surface area contributed by atoms with E-state index in [1.165, 1.54) is 28.2 Å². The number of benzene rings is 3. The molecule has 3 aliphatic rings. The number of anilines is 1. The first kappa shape index (κ1) is 25.4. The fourth-order valence-corrected chi connectivity index (χ4v) is 5.18. The molecule has 3 aromatic carbocycles. The molecule has 0 saturated carbocycles. The van der Waals surface area contributed by atoms with Crippen molar-refractivity contribution >= 4 is 29.1 Å². The molecule has 3 heterocycles. The number of fused-ring (bicyclic) bond motifs is 1. The lowest BCUT2D eigenvalue weighted by Gasteiger charge is -2.25. The van der Waals surface area contributed by atoms with E-state index in [9.17, 15) is 18.8 Å². The van der Waals surface area contributed by atoms with Gasteiger partial charge in [-0.1, -0.05) is 53.3 Å². The van der Waals surface area contributed by atoms with Gasteiger partial charge in [0, 0.05) is 6.42 Å². The van der Waals surface area contributed by atoms with Crippen molar-refractivity contribution in [2.75, 3.05) is 18.6 Å². The number of imide groups is 1. The fraction of sp³-hybridized carbons (Fsp3) is 0.241. The smallest absolute Gasteiger partial charge is 0.264 e. The van der Waals surface area contributed by atoms with E-state index in [1.54, 1.807) is 7.11 Å². The molecule has 0 aromatic heterocycles. The summed E-state index contributed by atoms with van der Waals surface area (Å²) in [6, 6.07) is 18.0. The Balaban J connectivity index is 1.26. The summed E-state index contributed by atoms with van der Waals surface area (Å²) in [5.74, 6) is -1.53. The van der Waals surface area contributed by atoms with Crippen LogP contribution in [0.5, 0.6) is 5.75 Å². The van der Waals surface area contributed by atoms with Crippen LogP contribution in [0.1, 0.15) is 29.2 Å². The topological polar surface area (TPSA) is 107 Å². The summed E-state index contributed by atoms with van der Waals surface area (Å²) in [7, 11) is 1.58. The van der Waals surface area contributed by atoms with E-state index in [1.807, 2.05) is 55.5 Å². The van der Waals surface area contributed by atoms with E-state index in [0.29, 0.717) is 12.2 Å². The van der Waals surface area contributed by atoms with Gasteiger partial charge in [-0.3, -0.25) is 19.4 Å². The molecule has 202 valence electrons. The van der Waals surface area contributed by atoms with Crippen molar-refractivity contribution in [1.82, 2.24) is 10.0 Å². The lowest BCUT2D eigenvalue weighted by Crippen LogP contribution is -2.44. The van der Waals surface area contributed by atoms with E-state index >= 15 is 0 Å². The van der Waals surface area contributed by atoms with Crippen molar-refractivity contribution in [2.45, 2.75) is 31.5 Å². The Kier molecular flexibility index (Phi) is 6.33. The number of nitrogens with zero attached hydrogens (tertiary/aromatic N) is 6. The zero-order valence-electron chi connectivity index (χ0n) is 21.8. The van der Waals surface area contributed by atoms with Crippen LogP contribution >= 0.6 is 0 Å². The molecule has 1 fully saturated rings. The molecule has 0 bridgehead atoms. The minimum absolute atomic E-state index is 0.109. The second kappa shape index (κ2) is 9.99. The Morgan fingerprint density at radius 2 is 1.77 bits per heavy atom. The van der Waals surface area contributed by atoms with Gasteiger partial charge in [-0.05, 0) is 48.4 Å². The van der Waals surface area contributed by atoms with Gasteiger partial charge >= 0.3 is 0 Å². The molecule has 0 spiro atoms. The lowest BCUT2D eigenvalue weighted by atomic mass is 9.98. The number of hydrazone groups is 1. The predicted octanol–water partition coefficient (Wildman–Crippen LogP) is 3.81. The van der Waals surface area contributed by atoms with Gasteiger partial charge in [-0.25, -0.2) is 14.3 Å². The summed E-state index contributed by atoms with van der Waals surface area (Å²) in [5.41, 5.74) is 3.74. The Bertz CT molecular complexity index is 1560. The molecule has 0 N–H and O–H groups in total. The molecule has 40 heavy (non-hydrogen) atoms. The number of hydrogen-bond acceptors (Lipinski definition) is 8. The zero-order chi connectivity index (χ0) is 28.0. The number of rotatable bonds is 6. The number of aryl methyl sites for hydroxylation is 1. The van der Waals surface area contributed by atoms with Crippen LogP contribution in [0.3, 0.4) is 0 Å². The highest BCUT2D eigenvalue weighted by molar-refractivity contribution is 6.25. The van der Waals surface area contributed by atoms with Crippen molar-refractivity contribution in [1.29, 1.82) is 0 Å². The van der Waals surface area contributed by atoms with Gasteiger partial charge < -0.3 is 4.74 Å². The van der Waals surface area contributed by atoms with E-state index in [-0.39, 0.29) is 12.2 Å². The predicted molar refractivity (Wildman–Crippen MR) is 143 cm³/mol. The van der Waals surface area contributed by atoms with Gasteiger partial charge in [0.1, 0.15) is 18.1 Å². The summed E-state index contributed by atoms with van der Waals surface area (Å²) in [6.45, 7) is 1.68. The number of hydrogen-bond donors (Lipinski definition) is 0. The van der Waals surface area contributed by atoms with Gasteiger partial charge in [-0.15, -0.1) is 0 Å². The third kappa shape index (κ3) is 4.39. The fourth-order valence-electron chi connectivity index (χ4n) is 5.18. The average molecular weight is 541 g/mol. The molecule has 6 rings (SSSR count). The number of carbonyl (C=O) groups excluding carboxylic acids is 3. The van der Waals surface area contributed by atoms with Crippen LogP contribution in [0.2, 0.25) is 0 Å². The molecule has 0 aliphatic carbocycles. The molecule has 1 saturated heterocycles. The van der Waals surface area contributed by atoms with Crippen LogP contribution in [-0.2, 0) is 14.4 Å². The number of amides is 3. The van der Waals surface area contributed by atoms with Crippen LogP contribution in [-0.4, -0.2) is 59.2 Å². The third-order valence-corrected chi connectivity index (χ3v) is 7.27. The van der Waals surface area contributed by atoms with Gasteiger partial charge in [-0.2, -0.15) is 10.2 Å². The summed E-state index contributed by atoms with van der Waals surface area (Å²) in [5, 5.41) is 15.3. The number of ether oxygens (including phenoxy) is 1. The summed E-state index contributed by atoms with van der Waals surface area (Å²) < 4.78 is 19.1. The molecule has 3 aliphatic heterocycles. The number of halogens is 1. The van der Waals surface area contributed by atoms with Crippen LogP contribution < -0.4 is 9.64 Å². The molecule has 11 heteroatoms. The van der Waals surface area contributed by atoms with Gasteiger partial charge in [0.05, 0.1) is 24.6 Å². The van der Waals surface area contributed by atoms with Gasteiger partial charge in [0.25, 0.3) is 17.7 Å². The normalized spacial score (nSPS) is 21.7. The first-order chi connectivity index (χ1) is 19.3. The average Bonchev–Trinajstić information content (AvgIpc) is 3.64. The minimum Gasteiger partial charge on any atom is -0.497 e. The van der Waals surface area contributed by atoms with Crippen LogP contribution in [0.25, 0.3) is 0 Å². The number of methoxy groups -OCH3 is 1. The second-order valence-corrected chi connectivity index (χ2v) is 9.83. The summed E-state index contributed by atoms with van der Waals surface area (Å²) in [6.07, 6.45) is 0.486. The molecule has 3 atom stereocenters. The van der Waals surface area contributed by atoms with Crippen molar-refractivity contribution in [3.63, 3.8) is 0 Å². The highest BCUT2D eigenvalue weighted by Gasteiger charge is 2.55. The Morgan fingerprint density at radius 3 is 2.48 bits per heavy atom. The molecular weight excluding hydrogens is 515 g/mol. The van der Waals surface area contributed by atoms with Gasteiger partial charge in [0.15, 0.2) is 12.1 Å². The van der Waals surface area contributed by atoms with Crippen LogP contribution in [0.4, 0.5) is 10.1 Å². The maximum absolute atomic E-state index is 13.8. The van der Waals surface area contributed by atoms with E-state index in [2.05, 4.69) is 15.4 Å². The monoisotopic (exact) mass is 540 g/mol. The van der Waals surface area contributed by atoms with Crippen molar-refractivity contribution in [2.24, 2.45) is 15.4 Å². The first-order valence-electron chi connectivity index (χ1n) is 12.8. The van der Waals surface area contributed by atoms with Crippen molar-refractivity contribution < 1.29 is 23.5 Å². The quantitative estimate of drug-likeness (QED) is 0.442. The van der Waals surface area contributed by atoms with E-state index in [0.717, 1.165) is 33.4 Å². The van der Waals surface area contributed by atoms with Crippen molar-refractivity contribution in [3.05, 3.63) is 95.3 Å². The minimum atomic E-state index is -1.11. The second-order valence-electron chi connectivity index (χ2n) is 9.83. The van der Waals surface area contributed by atoms with Crippen LogP contribution in [0, 0.1) is 12.7 Å². The maximum atomic E-state index is 13.8. The molecule has 10 nitrogen and oxygen atoms in total. The molecule has 0 unspecified atom stereocenters. The Hall–Kier alpha value is -4.93. The third-order valence-electron chi connectivity index (χ3n) is 7.27. The highest BCUT2D eigenvalue weighted by atomic mass is 19.1. The molecule has 0 radical (unpaired) electrons. The standard InChI is InChI=1S/C29H25FN6O4/c1-17-6-8-18(9-7-17)23-15-24(19-10-12-22(40-2)13-11-19)36(32-23)25(37)16-34-27-26(31-33-34)28(38)35(29(27)39)21-5-3-4-20(30)14-21/h3-14,24,26-27H,15-16H2,1-2H3/t24-,26-,27+/m0/s1. The van der Waals surface area contributed by atoms with Crippen LogP contribution in [0.15, 0.2) is 88.2 Å². The lowest BCUT2D eigenvalue weighted by molar-refractivity contribution is -0.135. The van der Waals surface area contributed by atoms with E-state index < -0.39 is 41.7 Å². The van der Waals surface area contributed by atoms with Crippen molar-refractivity contribution in [3.8, 4) is 5.75 Å². The van der Waals surface area contributed by atoms with E-state index in [4.69, 9.17) is 4.74 Å². The van der Waals surface area contributed by atoms with Gasteiger partial charge in [0.2, 0.25) is 0 Å². The molecular formula is C29H25FN6O4. The zero-order valence-corrected chi connectivity index (χ0v) is 21.8. The molecule has 3 aromatic rings. The number of carbonyl (C=O) groups is 3. The summed E-state index contributed by atoms with van der Waals surface area (Å²) >= 11 is 0. The summed E-state index contributed by atoms with van der Waals surface area (Å²) in [4.78, 5) is 40.9. The highest BCUT2D eigenvalue weighted by Crippen LogP contribution is 2.36. The first-order valence-corrected chi connectivity index (χ1v) is 12.8. The Morgan fingerprint density at radius 1 is 1.02 bits per heavy atom.